The van der Waals surface area contributed by atoms with Gasteiger partial charge in [-0.15, -0.1) is 17.5 Å². The molecule has 0 radical (unpaired) electrons. The van der Waals surface area contributed by atoms with Gasteiger partial charge in [-0.25, -0.2) is 0 Å². The van der Waals surface area contributed by atoms with E-state index in [1.165, 1.54) is 56.6 Å². The van der Waals surface area contributed by atoms with Gasteiger partial charge in [0, 0.05) is 29.5 Å². The fourth-order valence-corrected chi connectivity index (χ4v) is 4.33. The normalized spacial score (nSPS) is 15.0. The second kappa shape index (κ2) is 10.9. The molecule has 32 heavy (non-hydrogen) atoms. The second-order valence-corrected chi connectivity index (χ2v) is 9.10. The molecule has 9 heteroatoms. The van der Waals surface area contributed by atoms with Crippen LogP contribution in [0.15, 0.2) is 75.8 Å². The van der Waals surface area contributed by atoms with Crippen molar-refractivity contribution in [2.45, 2.75) is 24.2 Å². The Kier molecular flexibility index (Phi) is 8.20. The minimum absolute atomic E-state index is 0. The molecular formula is C23H27ClN4O3S. The van der Waals surface area contributed by atoms with E-state index in [9.17, 15) is 8.42 Å². The van der Waals surface area contributed by atoms with E-state index in [0.717, 1.165) is 35.2 Å². The number of nitrogens with zero attached hydrogens (tertiary/aromatic N) is 3. The molecule has 4 rings (SSSR count). The van der Waals surface area contributed by atoms with E-state index in [1.807, 2.05) is 30.3 Å². The summed E-state index contributed by atoms with van der Waals surface area (Å²) >= 11 is 0. The molecular weight excluding hydrogens is 448 g/mol. The van der Waals surface area contributed by atoms with E-state index in [4.69, 9.17) is 4.55 Å². The molecule has 170 valence electrons. The van der Waals surface area contributed by atoms with Gasteiger partial charge in [0.15, 0.2) is 0 Å². The molecule has 1 heterocycles. The molecule has 0 atom stereocenters. The zero-order valence-corrected chi connectivity index (χ0v) is 19.3. The van der Waals surface area contributed by atoms with Crippen LogP contribution in [0.25, 0.3) is 10.8 Å². The quantitative estimate of drug-likeness (QED) is 0.332. The minimum Gasteiger partial charge on any atom is -0.383 e. The SMILES string of the molecule is Cl.O=S(=O)(O)c1ccc(N=Nc2ccc(NCCN3CCCCC3)c3ccccc23)cc1. The van der Waals surface area contributed by atoms with Crippen LogP contribution in [-0.2, 0) is 10.1 Å². The average Bonchev–Trinajstić information content (AvgIpc) is 2.79. The minimum atomic E-state index is -4.22. The lowest BCUT2D eigenvalue weighted by molar-refractivity contribution is 0.237. The Morgan fingerprint density at radius 1 is 0.875 bits per heavy atom. The highest BCUT2D eigenvalue weighted by Crippen LogP contribution is 2.33. The first kappa shape index (κ1) is 24.1. The van der Waals surface area contributed by atoms with E-state index in [-0.39, 0.29) is 17.3 Å². The molecule has 0 spiro atoms. The van der Waals surface area contributed by atoms with Crippen LogP contribution in [-0.4, -0.2) is 44.0 Å². The largest absolute Gasteiger partial charge is 0.383 e. The number of likely N-dealkylation sites (tertiary alicyclic amines) is 1. The molecule has 0 bridgehead atoms. The maximum absolute atomic E-state index is 11.2. The molecule has 1 fully saturated rings. The van der Waals surface area contributed by atoms with Crippen LogP contribution >= 0.6 is 12.4 Å². The lowest BCUT2D eigenvalue weighted by atomic mass is 10.1. The molecule has 1 saturated heterocycles. The predicted molar refractivity (Wildman–Crippen MR) is 130 cm³/mol. The van der Waals surface area contributed by atoms with Crippen molar-refractivity contribution in [3.8, 4) is 0 Å². The summed E-state index contributed by atoms with van der Waals surface area (Å²) in [5.74, 6) is 0. The Hall–Kier alpha value is -2.52. The molecule has 7 nitrogen and oxygen atoms in total. The summed E-state index contributed by atoms with van der Waals surface area (Å²) in [4.78, 5) is 2.34. The van der Waals surface area contributed by atoms with Gasteiger partial charge in [0.2, 0.25) is 0 Å². The van der Waals surface area contributed by atoms with E-state index in [1.54, 1.807) is 0 Å². The van der Waals surface area contributed by atoms with Crippen molar-refractivity contribution < 1.29 is 13.0 Å². The zero-order valence-electron chi connectivity index (χ0n) is 17.6. The number of anilines is 1. The van der Waals surface area contributed by atoms with Gasteiger partial charge in [-0.3, -0.25) is 4.55 Å². The first-order valence-corrected chi connectivity index (χ1v) is 11.9. The topological polar surface area (TPSA) is 94.4 Å². The number of halogens is 1. The maximum atomic E-state index is 11.2. The van der Waals surface area contributed by atoms with Gasteiger partial charge in [-0.1, -0.05) is 30.7 Å². The summed E-state index contributed by atoms with van der Waals surface area (Å²) < 4.78 is 31.4. The first-order valence-electron chi connectivity index (χ1n) is 10.5. The van der Waals surface area contributed by atoms with Gasteiger partial charge in [0.25, 0.3) is 10.1 Å². The third-order valence-corrected chi connectivity index (χ3v) is 6.37. The molecule has 0 unspecified atom stereocenters. The zero-order chi connectivity index (χ0) is 21.7. The Balaban J connectivity index is 0.00000289. The fraction of sp³-hybridized carbons (Fsp3) is 0.304. The van der Waals surface area contributed by atoms with Crippen LogP contribution in [0.3, 0.4) is 0 Å². The highest BCUT2D eigenvalue weighted by Gasteiger charge is 2.11. The summed E-state index contributed by atoms with van der Waals surface area (Å²) in [6.45, 7) is 4.31. The molecule has 0 saturated carbocycles. The first-order chi connectivity index (χ1) is 15.0. The third kappa shape index (κ3) is 6.04. The Bertz CT molecular complexity index is 1180. The van der Waals surface area contributed by atoms with Crippen molar-refractivity contribution in [3.63, 3.8) is 0 Å². The van der Waals surface area contributed by atoms with Crippen LogP contribution in [0.5, 0.6) is 0 Å². The number of hydrogen-bond donors (Lipinski definition) is 2. The van der Waals surface area contributed by atoms with Gasteiger partial charge >= 0.3 is 0 Å². The smallest absolute Gasteiger partial charge is 0.294 e. The van der Waals surface area contributed by atoms with E-state index in [0.29, 0.717) is 5.69 Å². The summed E-state index contributed by atoms with van der Waals surface area (Å²) in [5.41, 5.74) is 2.31. The molecule has 1 aliphatic rings. The Morgan fingerprint density at radius 2 is 1.56 bits per heavy atom. The predicted octanol–water partition coefficient (Wildman–Crippen LogP) is 5.82. The van der Waals surface area contributed by atoms with E-state index >= 15 is 0 Å². The molecule has 3 aromatic rings. The van der Waals surface area contributed by atoms with Crippen molar-refractivity contribution in [3.05, 3.63) is 60.7 Å². The van der Waals surface area contributed by atoms with Crippen LogP contribution in [0, 0.1) is 0 Å². The molecule has 0 aliphatic carbocycles. The summed E-state index contributed by atoms with van der Waals surface area (Å²) in [7, 11) is -4.22. The lowest BCUT2D eigenvalue weighted by Crippen LogP contribution is -2.33. The summed E-state index contributed by atoms with van der Waals surface area (Å²) in [5, 5.41) is 14.2. The highest BCUT2D eigenvalue weighted by molar-refractivity contribution is 7.85. The Labute approximate surface area is 194 Å². The second-order valence-electron chi connectivity index (χ2n) is 7.68. The van der Waals surface area contributed by atoms with Gasteiger partial charge < -0.3 is 10.2 Å². The van der Waals surface area contributed by atoms with Crippen molar-refractivity contribution in [2.75, 3.05) is 31.5 Å². The van der Waals surface area contributed by atoms with Gasteiger partial charge in [0.1, 0.15) is 0 Å². The number of piperidine rings is 1. The van der Waals surface area contributed by atoms with Crippen LogP contribution in [0.1, 0.15) is 19.3 Å². The van der Waals surface area contributed by atoms with Gasteiger partial charge in [-0.2, -0.15) is 13.5 Å². The third-order valence-electron chi connectivity index (χ3n) is 5.50. The van der Waals surface area contributed by atoms with Crippen molar-refractivity contribution in [2.24, 2.45) is 10.2 Å². The molecule has 3 aromatic carbocycles. The van der Waals surface area contributed by atoms with Gasteiger partial charge in [0.05, 0.1) is 16.3 Å². The van der Waals surface area contributed by atoms with Crippen LogP contribution in [0.2, 0.25) is 0 Å². The monoisotopic (exact) mass is 474 g/mol. The van der Waals surface area contributed by atoms with Gasteiger partial charge in [-0.05, 0) is 62.3 Å². The average molecular weight is 475 g/mol. The standard InChI is InChI=1S/C23H26N4O3S.ClH/c28-31(29,30)19-10-8-18(9-11-19)25-26-23-13-12-22(20-6-2-3-7-21(20)23)24-14-17-27-15-4-1-5-16-27;/h2-3,6-13,24H,1,4-5,14-17H2,(H,28,29,30);1H. The van der Waals surface area contributed by atoms with Crippen LogP contribution < -0.4 is 5.32 Å². The van der Waals surface area contributed by atoms with Crippen molar-refractivity contribution >= 4 is 50.4 Å². The number of azo groups is 1. The maximum Gasteiger partial charge on any atom is 0.294 e. The lowest BCUT2D eigenvalue weighted by Gasteiger charge is -2.26. The fourth-order valence-electron chi connectivity index (χ4n) is 3.85. The molecule has 2 N–H and O–H groups in total. The number of hydrogen-bond acceptors (Lipinski definition) is 6. The van der Waals surface area contributed by atoms with E-state index in [2.05, 4.69) is 26.5 Å². The number of benzene rings is 3. The Morgan fingerprint density at radius 3 is 2.25 bits per heavy atom. The number of rotatable bonds is 7. The number of fused-ring (bicyclic) bond motifs is 1. The number of nitrogens with one attached hydrogen (secondary N) is 1. The van der Waals surface area contributed by atoms with Crippen molar-refractivity contribution in [1.82, 2.24) is 4.90 Å². The molecule has 0 aromatic heterocycles. The molecule has 1 aliphatic heterocycles. The molecule has 0 amide bonds. The van der Waals surface area contributed by atoms with E-state index < -0.39 is 10.1 Å². The highest BCUT2D eigenvalue weighted by atomic mass is 35.5. The van der Waals surface area contributed by atoms with Crippen LogP contribution in [0.4, 0.5) is 17.1 Å². The van der Waals surface area contributed by atoms with Crippen molar-refractivity contribution in [1.29, 1.82) is 0 Å². The summed E-state index contributed by atoms with van der Waals surface area (Å²) in [6.07, 6.45) is 3.93. The summed E-state index contributed by atoms with van der Waals surface area (Å²) in [6, 6.07) is 17.6.